The number of nitrogens with two attached hydrogens (primary N) is 1. The highest BCUT2D eigenvalue weighted by Gasteiger charge is 2.44. The van der Waals surface area contributed by atoms with E-state index in [4.69, 9.17) is 5.73 Å². The maximum Gasteiger partial charge on any atom is 0.391 e. The number of alkyl halides is 3. The van der Waals surface area contributed by atoms with Crippen LogP contribution < -0.4 is 5.73 Å². The molecular weight excluding hydrogens is 297 g/mol. The molecule has 0 radical (unpaired) electrons. The number of carbonyl (C=O) groups excluding carboxylic acids is 2. The van der Waals surface area contributed by atoms with E-state index in [2.05, 4.69) is 0 Å². The number of primary amides is 1. The Morgan fingerprint density at radius 2 is 1.73 bits per heavy atom. The average Bonchev–Trinajstić information content (AvgIpc) is 2.46. The normalized spacial score (nSPS) is 27.7. The molecule has 126 valence electrons. The minimum Gasteiger partial charge on any atom is -0.370 e. The number of nitrogens with zero attached hydrogens (tertiary/aromatic N) is 1. The van der Waals surface area contributed by atoms with Crippen LogP contribution in [0.4, 0.5) is 13.2 Å². The number of carbonyl (C=O) groups is 2. The topological polar surface area (TPSA) is 63.4 Å². The fraction of sp³-hybridized carbons (Fsp3) is 0.867. The van der Waals surface area contributed by atoms with Crippen molar-refractivity contribution in [1.82, 2.24) is 4.90 Å². The summed E-state index contributed by atoms with van der Waals surface area (Å²) in [4.78, 5) is 25.0. The Kier molecular flexibility index (Phi) is 5.34. The summed E-state index contributed by atoms with van der Waals surface area (Å²) < 4.78 is 38.5. The zero-order chi connectivity index (χ0) is 16.3. The summed E-state index contributed by atoms with van der Waals surface area (Å²) in [5.41, 5.74) is 5.16. The predicted octanol–water partition coefficient (Wildman–Crippen LogP) is 2.47. The lowest BCUT2D eigenvalue weighted by atomic mass is 9.80. The molecule has 1 heterocycles. The van der Waals surface area contributed by atoms with E-state index in [1.807, 2.05) is 0 Å². The number of halogens is 3. The largest absolute Gasteiger partial charge is 0.391 e. The summed E-state index contributed by atoms with van der Waals surface area (Å²) in [7, 11) is 0. The SMILES string of the molecule is NC(=O)CC1CCN(C(=O)[C@@H]2CCC[C@@H](C(F)(F)F)C2)CC1. The van der Waals surface area contributed by atoms with E-state index in [0.29, 0.717) is 45.2 Å². The Morgan fingerprint density at radius 3 is 2.27 bits per heavy atom. The summed E-state index contributed by atoms with van der Waals surface area (Å²) >= 11 is 0. The third kappa shape index (κ3) is 4.36. The smallest absolute Gasteiger partial charge is 0.370 e. The van der Waals surface area contributed by atoms with Crippen molar-refractivity contribution in [3.63, 3.8) is 0 Å². The Labute approximate surface area is 128 Å². The minimum absolute atomic E-state index is 0.0798. The molecule has 0 aromatic carbocycles. The van der Waals surface area contributed by atoms with Crippen LogP contribution in [0.3, 0.4) is 0 Å². The second-order valence-corrected chi connectivity index (χ2v) is 6.54. The molecule has 2 amide bonds. The van der Waals surface area contributed by atoms with Gasteiger partial charge in [0.25, 0.3) is 0 Å². The van der Waals surface area contributed by atoms with E-state index in [1.165, 1.54) is 0 Å². The van der Waals surface area contributed by atoms with Crippen LogP contribution in [0.15, 0.2) is 0 Å². The van der Waals surface area contributed by atoms with Crippen molar-refractivity contribution in [2.45, 2.75) is 51.1 Å². The van der Waals surface area contributed by atoms with Gasteiger partial charge in [-0.2, -0.15) is 13.2 Å². The van der Waals surface area contributed by atoms with E-state index in [0.717, 1.165) is 0 Å². The third-order valence-electron chi connectivity index (χ3n) is 4.90. The molecule has 1 saturated heterocycles. The molecule has 2 N–H and O–H groups in total. The number of likely N-dealkylation sites (tertiary alicyclic amines) is 1. The number of hydrogen-bond acceptors (Lipinski definition) is 2. The highest BCUT2D eigenvalue weighted by Crippen LogP contribution is 2.40. The van der Waals surface area contributed by atoms with Crippen LogP contribution in [0, 0.1) is 17.8 Å². The zero-order valence-electron chi connectivity index (χ0n) is 12.6. The van der Waals surface area contributed by atoms with Crippen molar-refractivity contribution in [1.29, 1.82) is 0 Å². The van der Waals surface area contributed by atoms with Crippen LogP contribution >= 0.6 is 0 Å². The lowest BCUT2D eigenvalue weighted by Crippen LogP contribution is -2.44. The van der Waals surface area contributed by atoms with Gasteiger partial charge in [0.2, 0.25) is 11.8 Å². The molecule has 4 nitrogen and oxygen atoms in total. The molecule has 22 heavy (non-hydrogen) atoms. The quantitative estimate of drug-likeness (QED) is 0.868. The predicted molar refractivity (Wildman–Crippen MR) is 74.6 cm³/mol. The maximum atomic E-state index is 12.8. The maximum absolute atomic E-state index is 12.8. The van der Waals surface area contributed by atoms with Crippen LogP contribution in [0.1, 0.15) is 44.9 Å². The number of hydrogen-bond donors (Lipinski definition) is 1. The summed E-state index contributed by atoms with van der Waals surface area (Å²) in [6, 6.07) is 0. The number of rotatable bonds is 3. The third-order valence-corrected chi connectivity index (χ3v) is 4.90. The molecular formula is C15H23F3N2O2. The number of piperidine rings is 1. The summed E-state index contributed by atoms with van der Waals surface area (Å²) in [5, 5.41) is 0. The van der Waals surface area contributed by atoms with E-state index in [-0.39, 0.29) is 30.6 Å². The Morgan fingerprint density at radius 1 is 1.09 bits per heavy atom. The van der Waals surface area contributed by atoms with Gasteiger partial charge in [0.1, 0.15) is 0 Å². The van der Waals surface area contributed by atoms with Gasteiger partial charge in [0.05, 0.1) is 5.92 Å². The van der Waals surface area contributed by atoms with Gasteiger partial charge in [-0.25, -0.2) is 0 Å². The van der Waals surface area contributed by atoms with Gasteiger partial charge in [-0.15, -0.1) is 0 Å². The van der Waals surface area contributed by atoms with Gasteiger partial charge in [-0.05, 0) is 38.0 Å². The molecule has 1 aliphatic heterocycles. The van der Waals surface area contributed by atoms with Crippen LogP contribution in [0.2, 0.25) is 0 Å². The fourth-order valence-electron chi connectivity index (χ4n) is 3.61. The fourth-order valence-corrected chi connectivity index (χ4v) is 3.61. The van der Waals surface area contributed by atoms with Crippen molar-refractivity contribution >= 4 is 11.8 Å². The first-order chi connectivity index (χ1) is 10.3. The molecule has 0 aromatic rings. The Hall–Kier alpha value is -1.27. The molecule has 1 saturated carbocycles. The lowest BCUT2D eigenvalue weighted by molar-refractivity contribution is -0.187. The van der Waals surface area contributed by atoms with Crippen LogP contribution in [0.25, 0.3) is 0 Å². The van der Waals surface area contributed by atoms with E-state index >= 15 is 0 Å². The minimum atomic E-state index is -4.20. The second-order valence-electron chi connectivity index (χ2n) is 6.54. The van der Waals surface area contributed by atoms with E-state index in [1.54, 1.807) is 4.90 Å². The van der Waals surface area contributed by atoms with Crippen molar-refractivity contribution in [3.05, 3.63) is 0 Å². The van der Waals surface area contributed by atoms with Crippen LogP contribution in [0.5, 0.6) is 0 Å². The van der Waals surface area contributed by atoms with Gasteiger partial charge in [-0.3, -0.25) is 9.59 Å². The Bertz CT molecular complexity index is 418. The van der Waals surface area contributed by atoms with Gasteiger partial charge in [0, 0.05) is 25.4 Å². The Balaban J connectivity index is 1.86. The molecule has 1 aliphatic carbocycles. The summed E-state index contributed by atoms with van der Waals surface area (Å²) in [5.74, 6) is -2.15. The molecule has 7 heteroatoms. The van der Waals surface area contributed by atoms with Crippen LogP contribution in [-0.4, -0.2) is 36.0 Å². The van der Waals surface area contributed by atoms with Gasteiger partial charge >= 0.3 is 6.18 Å². The first-order valence-corrected chi connectivity index (χ1v) is 7.91. The molecule has 2 rings (SSSR count). The highest BCUT2D eigenvalue weighted by molar-refractivity contribution is 5.79. The molecule has 2 atom stereocenters. The highest BCUT2D eigenvalue weighted by atomic mass is 19.4. The number of amides is 2. The molecule has 0 unspecified atom stereocenters. The van der Waals surface area contributed by atoms with Crippen molar-refractivity contribution < 1.29 is 22.8 Å². The van der Waals surface area contributed by atoms with Crippen molar-refractivity contribution in [3.8, 4) is 0 Å². The van der Waals surface area contributed by atoms with E-state index < -0.39 is 18.0 Å². The monoisotopic (exact) mass is 320 g/mol. The van der Waals surface area contributed by atoms with Crippen molar-refractivity contribution in [2.24, 2.45) is 23.5 Å². The van der Waals surface area contributed by atoms with E-state index in [9.17, 15) is 22.8 Å². The molecule has 0 aromatic heterocycles. The van der Waals surface area contributed by atoms with Crippen molar-refractivity contribution in [2.75, 3.05) is 13.1 Å². The lowest BCUT2D eigenvalue weighted by Gasteiger charge is -2.36. The van der Waals surface area contributed by atoms with Gasteiger partial charge in [-0.1, -0.05) is 6.42 Å². The summed E-state index contributed by atoms with van der Waals surface area (Å²) in [6.45, 7) is 1.04. The summed E-state index contributed by atoms with van der Waals surface area (Å²) in [6.07, 6.45) is -1.42. The average molecular weight is 320 g/mol. The first-order valence-electron chi connectivity index (χ1n) is 7.91. The van der Waals surface area contributed by atoms with Crippen LogP contribution in [-0.2, 0) is 9.59 Å². The molecule has 0 bridgehead atoms. The second kappa shape index (κ2) is 6.87. The first kappa shape index (κ1) is 17.1. The molecule has 2 aliphatic rings. The standard InChI is InChI=1S/C15H23F3N2O2/c16-15(17,18)12-3-1-2-11(9-12)14(22)20-6-4-10(5-7-20)8-13(19)21/h10-12H,1-9H2,(H2,19,21)/t11-,12-/m1/s1. The van der Waals surface area contributed by atoms with Gasteiger partial charge in [0.15, 0.2) is 0 Å². The zero-order valence-corrected chi connectivity index (χ0v) is 12.6. The van der Waals surface area contributed by atoms with Gasteiger partial charge < -0.3 is 10.6 Å². The molecule has 0 spiro atoms. The molecule has 2 fully saturated rings.